The lowest BCUT2D eigenvalue weighted by molar-refractivity contribution is -0.140. The standard InChI is InChI=1S/C38H38N2O6/c1-27-24-31(45-26-28-10-4-2-5-11-28)16-17-33(27)36(41)34-35(29-12-8-15-32(25-29)46-30-13-6-3-7-14-30)40(38(43)37(34)42)19-9-18-39-20-22-44-23-21-39/h2-8,10-17,24-25,35,41H,9,18-23,26H2,1H3/b36-34+/t35-/m1/s1. The third-order valence-electron chi connectivity index (χ3n) is 8.37. The Morgan fingerprint density at radius 2 is 1.54 bits per heavy atom. The zero-order valence-corrected chi connectivity index (χ0v) is 25.9. The second kappa shape index (κ2) is 14.5. The van der Waals surface area contributed by atoms with E-state index in [0.717, 1.165) is 30.8 Å². The van der Waals surface area contributed by atoms with Crippen molar-refractivity contribution in [2.45, 2.75) is 26.0 Å². The number of hydrogen-bond donors (Lipinski definition) is 1. The fraction of sp³-hybridized carbons (Fsp3) is 0.263. The summed E-state index contributed by atoms with van der Waals surface area (Å²) in [6.45, 7) is 6.45. The van der Waals surface area contributed by atoms with Crippen molar-refractivity contribution < 1.29 is 28.9 Å². The number of hydrogen-bond acceptors (Lipinski definition) is 7. The highest BCUT2D eigenvalue weighted by Gasteiger charge is 2.46. The van der Waals surface area contributed by atoms with Crippen molar-refractivity contribution in [1.82, 2.24) is 9.80 Å². The Bertz CT molecular complexity index is 1700. The van der Waals surface area contributed by atoms with Gasteiger partial charge in [-0.25, -0.2) is 0 Å². The van der Waals surface area contributed by atoms with Crippen LogP contribution in [0, 0.1) is 6.92 Å². The van der Waals surface area contributed by atoms with Crippen LogP contribution in [0.5, 0.6) is 17.2 Å². The first-order valence-electron chi connectivity index (χ1n) is 15.7. The van der Waals surface area contributed by atoms with Gasteiger partial charge in [-0.1, -0.05) is 60.7 Å². The van der Waals surface area contributed by atoms with Crippen molar-refractivity contribution in [3.05, 3.63) is 131 Å². The molecule has 0 bridgehead atoms. The third-order valence-corrected chi connectivity index (χ3v) is 8.37. The summed E-state index contributed by atoms with van der Waals surface area (Å²) in [4.78, 5) is 31.2. The zero-order valence-electron chi connectivity index (χ0n) is 25.9. The number of rotatable bonds is 11. The number of likely N-dealkylation sites (tertiary alicyclic amines) is 1. The summed E-state index contributed by atoms with van der Waals surface area (Å²) < 4.78 is 17.5. The van der Waals surface area contributed by atoms with Crippen LogP contribution in [0.3, 0.4) is 0 Å². The summed E-state index contributed by atoms with van der Waals surface area (Å²) >= 11 is 0. The van der Waals surface area contributed by atoms with Crippen molar-refractivity contribution >= 4 is 17.4 Å². The highest BCUT2D eigenvalue weighted by atomic mass is 16.5. The van der Waals surface area contributed by atoms with E-state index < -0.39 is 17.7 Å². The Balaban J connectivity index is 1.31. The van der Waals surface area contributed by atoms with Gasteiger partial charge in [-0.05, 0) is 72.5 Å². The second-order valence-corrected chi connectivity index (χ2v) is 11.5. The van der Waals surface area contributed by atoms with Crippen molar-refractivity contribution in [3.8, 4) is 17.2 Å². The lowest BCUT2D eigenvalue weighted by Crippen LogP contribution is -2.38. The van der Waals surface area contributed by atoms with E-state index in [-0.39, 0.29) is 11.3 Å². The van der Waals surface area contributed by atoms with Crippen LogP contribution in [-0.4, -0.2) is 66.0 Å². The molecule has 1 atom stereocenters. The molecule has 2 heterocycles. The van der Waals surface area contributed by atoms with Gasteiger partial charge in [-0.2, -0.15) is 0 Å². The van der Waals surface area contributed by atoms with E-state index in [4.69, 9.17) is 14.2 Å². The van der Waals surface area contributed by atoms with Gasteiger partial charge < -0.3 is 24.2 Å². The van der Waals surface area contributed by atoms with E-state index in [1.54, 1.807) is 17.0 Å². The third kappa shape index (κ3) is 7.14. The molecule has 1 N–H and O–H groups in total. The average Bonchev–Trinajstić information content (AvgIpc) is 3.34. The van der Waals surface area contributed by atoms with E-state index in [1.807, 2.05) is 97.9 Å². The van der Waals surface area contributed by atoms with Gasteiger partial charge in [0.05, 0.1) is 24.8 Å². The topological polar surface area (TPSA) is 88.5 Å². The Labute approximate surface area is 269 Å². The summed E-state index contributed by atoms with van der Waals surface area (Å²) in [7, 11) is 0. The van der Waals surface area contributed by atoms with Crippen LogP contribution in [0.2, 0.25) is 0 Å². The van der Waals surface area contributed by atoms with Gasteiger partial charge in [0.2, 0.25) is 0 Å². The van der Waals surface area contributed by atoms with E-state index in [2.05, 4.69) is 4.90 Å². The largest absolute Gasteiger partial charge is 0.507 e. The van der Waals surface area contributed by atoms with Gasteiger partial charge >= 0.3 is 0 Å². The molecule has 0 spiro atoms. The average molecular weight is 619 g/mol. The van der Waals surface area contributed by atoms with Gasteiger partial charge in [0, 0.05) is 31.7 Å². The van der Waals surface area contributed by atoms with Crippen LogP contribution < -0.4 is 9.47 Å². The van der Waals surface area contributed by atoms with Crippen molar-refractivity contribution in [2.75, 3.05) is 39.4 Å². The first kappa shape index (κ1) is 31.1. The van der Waals surface area contributed by atoms with Crippen LogP contribution in [0.4, 0.5) is 0 Å². The maximum atomic E-state index is 13.7. The molecule has 0 radical (unpaired) electrons. The van der Waals surface area contributed by atoms with Gasteiger partial charge in [0.1, 0.15) is 29.6 Å². The Hall–Kier alpha value is -4.92. The molecular weight excluding hydrogens is 580 g/mol. The second-order valence-electron chi connectivity index (χ2n) is 11.5. The number of amides is 1. The first-order chi connectivity index (χ1) is 22.5. The van der Waals surface area contributed by atoms with Gasteiger partial charge in [-0.3, -0.25) is 14.5 Å². The molecule has 6 rings (SSSR count). The van der Waals surface area contributed by atoms with Crippen LogP contribution in [-0.2, 0) is 20.9 Å². The molecule has 8 heteroatoms. The molecule has 0 aromatic heterocycles. The lowest BCUT2D eigenvalue weighted by Gasteiger charge is -2.29. The fourth-order valence-electron chi connectivity index (χ4n) is 6.00. The number of aryl methyl sites for hydroxylation is 1. The molecule has 0 unspecified atom stereocenters. The molecule has 4 aromatic carbocycles. The number of carbonyl (C=O) groups is 2. The monoisotopic (exact) mass is 618 g/mol. The summed E-state index contributed by atoms with van der Waals surface area (Å²) in [5.41, 5.74) is 2.98. The minimum Gasteiger partial charge on any atom is -0.507 e. The molecule has 2 saturated heterocycles. The Morgan fingerprint density at radius 3 is 2.28 bits per heavy atom. The first-order valence-corrected chi connectivity index (χ1v) is 15.7. The molecule has 46 heavy (non-hydrogen) atoms. The highest BCUT2D eigenvalue weighted by molar-refractivity contribution is 6.46. The van der Waals surface area contributed by atoms with E-state index in [0.29, 0.717) is 61.2 Å². The predicted octanol–water partition coefficient (Wildman–Crippen LogP) is 6.51. The molecule has 0 aliphatic carbocycles. The number of ketones is 1. The van der Waals surface area contributed by atoms with Crippen LogP contribution in [0.1, 0.15) is 34.7 Å². The minimum atomic E-state index is -0.780. The SMILES string of the molecule is Cc1cc(OCc2ccccc2)ccc1/C(O)=C1\C(=O)C(=O)N(CCCN2CCOCC2)[C@@H]1c1cccc(Oc2ccccc2)c1. The number of carbonyl (C=O) groups excluding carboxylic acids is 2. The summed E-state index contributed by atoms with van der Waals surface area (Å²) in [6.07, 6.45) is 0.677. The molecule has 2 aliphatic heterocycles. The van der Waals surface area contributed by atoms with Crippen LogP contribution >= 0.6 is 0 Å². The Morgan fingerprint density at radius 1 is 0.826 bits per heavy atom. The predicted molar refractivity (Wildman–Crippen MR) is 176 cm³/mol. The number of benzene rings is 4. The molecule has 4 aromatic rings. The number of aliphatic hydroxyl groups excluding tert-OH is 1. The number of Topliss-reactive ketones (excluding diaryl/α,β-unsaturated/α-hetero) is 1. The van der Waals surface area contributed by atoms with Gasteiger partial charge in [0.15, 0.2) is 0 Å². The minimum absolute atomic E-state index is 0.0642. The normalized spacial score (nSPS) is 18.1. The summed E-state index contributed by atoms with van der Waals surface area (Å²) in [5, 5.41) is 11.8. The zero-order chi connectivity index (χ0) is 31.9. The van der Waals surface area contributed by atoms with E-state index in [9.17, 15) is 14.7 Å². The molecule has 0 saturated carbocycles. The molecule has 8 nitrogen and oxygen atoms in total. The summed E-state index contributed by atoms with van der Waals surface area (Å²) in [5.74, 6) is 0.350. The summed E-state index contributed by atoms with van der Waals surface area (Å²) in [6, 6.07) is 31.2. The van der Waals surface area contributed by atoms with Gasteiger partial charge in [0.25, 0.3) is 11.7 Å². The number of para-hydroxylation sites is 1. The maximum Gasteiger partial charge on any atom is 0.295 e. The molecule has 1 amide bonds. The quantitative estimate of drug-likeness (QED) is 0.116. The number of morpholine rings is 1. The number of nitrogens with zero attached hydrogens (tertiary/aromatic N) is 2. The van der Waals surface area contributed by atoms with E-state index >= 15 is 0 Å². The van der Waals surface area contributed by atoms with Gasteiger partial charge in [-0.15, -0.1) is 0 Å². The molecular formula is C38H38N2O6. The van der Waals surface area contributed by atoms with E-state index in [1.165, 1.54) is 0 Å². The van der Waals surface area contributed by atoms with Crippen LogP contribution in [0.25, 0.3) is 5.76 Å². The van der Waals surface area contributed by atoms with Crippen LogP contribution in [0.15, 0.2) is 109 Å². The van der Waals surface area contributed by atoms with Crippen molar-refractivity contribution in [1.29, 1.82) is 0 Å². The van der Waals surface area contributed by atoms with Crippen molar-refractivity contribution in [3.63, 3.8) is 0 Å². The molecule has 236 valence electrons. The molecule has 2 aliphatic rings. The fourth-order valence-corrected chi connectivity index (χ4v) is 6.00. The lowest BCUT2D eigenvalue weighted by atomic mass is 9.93. The molecule has 2 fully saturated rings. The van der Waals surface area contributed by atoms with Crippen molar-refractivity contribution in [2.24, 2.45) is 0 Å². The number of ether oxygens (including phenoxy) is 3. The number of aliphatic hydroxyl groups is 1. The maximum absolute atomic E-state index is 13.7. The smallest absolute Gasteiger partial charge is 0.295 e. The Kier molecular flexibility index (Phi) is 9.76. The highest BCUT2D eigenvalue weighted by Crippen LogP contribution is 2.41.